The highest BCUT2D eigenvalue weighted by Gasteiger charge is 2.47. The number of benzene rings is 3. The Balaban J connectivity index is 2.42. The number of hydrogen-bond donors (Lipinski definition) is 0. The molecule has 0 N–H and O–H groups in total. The summed E-state index contributed by atoms with van der Waals surface area (Å²) in [5.41, 5.74) is -2.46. The summed E-state index contributed by atoms with van der Waals surface area (Å²) in [7, 11) is 2.09. The predicted molar refractivity (Wildman–Crippen MR) is 141 cm³/mol. The molecule has 11 heteroatoms. The fourth-order valence-electron chi connectivity index (χ4n) is 3.67. The average Bonchev–Trinajstić information content (AvgIpc) is 2.90. The summed E-state index contributed by atoms with van der Waals surface area (Å²) in [6.07, 6.45) is 0. The first-order valence-electron chi connectivity index (χ1n) is 10.3. The van der Waals surface area contributed by atoms with Gasteiger partial charge < -0.3 is 28.2 Å². The minimum Gasteiger partial charge on any atom is -0.496 e. The van der Waals surface area contributed by atoms with Crippen LogP contribution < -0.4 is 29.0 Å². The predicted octanol–water partition coefficient (Wildman–Crippen LogP) is 5.81. The van der Waals surface area contributed by atoms with E-state index in [4.69, 9.17) is 35.3 Å². The van der Waals surface area contributed by atoms with E-state index in [9.17, 15) is 14.2 Å². The number of methoxy groups -OCH3 is 5. The molecule has 190 valence electrons. The van der Waals surface area contributed by atoms with Gasteiger partial charge in [0.1, 0.15) is 34.1 Å². The molecule has 0 fully saturated rings. The molecule has 0 amide bonds. The number of hydrogen-bond acceptors (Lipinski definition) is 8. The molecule has 0 saturated carbocycles. The number of ether oxygens (including phenoxy) is 5. The largest absolute Gasteiger partial charge is 0.496 e. The minimum atomic E-state index is -4.64. The molecule has 8 nitrogen and oxygen atoms in total. The quantitative estimate of drug-likeness (QED) is 0.270. The highest BCUT2D eigenvalue weighted by atomic mass is 79.9. The summed E-state index contributed by atoms with van der Waals surface area (Å²) in [6, 6.07) is 12.1. The summed E-state index contributed by atoms with van der Waals surface area (Å²) >= 11 is 9.65. The summed E-state index contributed by atoms with van der Waals surface area (Å²) in [5.74, 6) is 0.305. The van der Waals surface area contributed by atoms with Crippen LogP contribution in [0.3, 0.4) is 0 Å². The number of carbonyl (C=O) groups is 2. The fourth-order valence-corrected chi connectivity index (χ4v) is 6.97. The van der Waals surface area contributed by atoms with Crippen LogP contribution in [0.5, 0.6) is 28.7 Å². The van der Waals surface area contributed by atoms with E-state index in [1.807, 2.05) is 0 Å². The van der Waals surface area contributed by atoms with Crippen LogP contribution in [-0.4, -0.2) is 46.6 Å². The van der Waals surface area contributed by atoms with E-state index in [0.29, 0.717) is 10.2 Å². The molecule has 0 bridgehead atoms. The molecule has 0 aliphatic carbocycles. The smallest absolute Gasteiger partial charge is 0.249 e. The van der Waals surface area contributed by atoms with Crippen LogP contribution in [0, 0.1) is 0 Å². The molecule has 0 aliphatic heterocycles. The molecule has 0 spiro atoms. The molecule has 1 atom stereocenters. The highest BCUT2D eigenvalue weighted by molar-refractivity contribution is 9.10. The summed E-state index contributed by atoms with van der Waals surface area (Å²) < 4.78 is 42.0. The Morgan fingerprint density at radius 2 is 1.28 bits per heavy atom. The summed E-state index contributed by atoms with van der Waals surface area (Å²) in [4.78, 5) is 28.4. The summed E-state index contributed by atoms with van der Waals surface area (Å²) in [5, 5.41) is 0.0559. The maximum Gasteiger partial charge on any atom is 0.249 e. The van der Waals surface area contributed by atoms with E-state index in [-0.39, 0.29) is 44.5 Å². The van der Waals surface area contributed by atoms with Crippen molar-refractivity contribution in [3.05, 3.63) is 69.2 Å². The molecule has 0 saturated heterocycles. The third kappa shape index (κ3) is 4.71. The first-order valence-corrected chi connectivity index (χ1v) is 13.2. The normalized spacial score (nSPS) is 12.3. The van der Waals surface area contributed by atoms with Crippen LogP contribution in [0.2, 0.25) is 5.02 Å². The van der Waals surface area contributed by atoms with Gasteiger partial charge in [0.25, 0.3) is 0 Å². The third-order valence-electron chi connectivity index (χ3n) is 5.38. The Hall–Kier alpha value is -3.00. The standard InChI is InChI=1S/C25H23BrClO8P/c1-31-14-11-18(32-2)20(19(12-14)33-3)24(28)36(30,15-9-7-6-8-10-15)25(29)21-22(34-4)16(26)13-17(27)23(21)35-5/h6-13H,1-5H3. The lowest BCUT2D eigenvalue weighted by atomic mass is 10.2. The van der Waals surface area contributed by atoms with Gasteiger partial charge in [-0.25, -0.2) is 0 Å². The van der Waals surface area contributed by atoms with Crippen LogP contribution in [0.15, 0.2) is 53.0 Å². The maximum atomic E-state index is 14.9. The van der Waals surface area contributed by atoms with Crippen molar-refractivity contribution in [2.75, 3.05) is 35.5 Å². The lowest BCUT2D eigenvalue weighted by Crippen LogP contribution is -2.22. The molecular formula is C25H23BrClO8P. The number of rotatable bonds is 10. The summed E-state index contributed by atoms with van der Waals surface area (Å²) in [6.45, 7) is 0. The first-order chi connectivity index (χ1) is 17.2. The molecule has 0 aromatic heterocycles. The highest BCUT2D eigenvalue weighted by Crippen LogP contribution is 2.57. The molecule has 1 unspecified atom stereocenters. The zero-order chi connectivity index (χ0) is 26.6. The van der Waals surface area contributed by atoms with Crippen molar-refractivity contribution in [3.8, 4) is 28.7 Å². The second-order valence-electron chi connectivity index (χ2n) is 7.24. The Labute approximate surface area is 221 Å². The van der Waals surface area contributed by atoms with Crippen molar-refractivity contribution >= 4 is 51.0 Å². The van der Waals surface area contributed by atoms with E-state index in [1.165, 1.54) is 65.9 Å². The van der Waals surface area contributed by atoms with E-state index >= 15 is 0 Å². The van der Waals surface area contributed by atoms with E-state index < -0.39 is 18.2 Å². The topological polar surface area (TPSA) is 97.4 Å². The second-order valence-corrected chi connectivity index (χ2v) is 11.1. The van der Waals surface area contributed by atoms with Gasteiger partial charge in [-0.2, -0.15) is 0 Å². The van der Waals surface area contributed by atoms with E-state index in [0.717, 1.165) is 0 Å². The maximum absolute atomic E-state index is 14.9. The molecule has 0 radical (unpaired) electrons. The van der Waals surface area contributed by atoms with Gasteiger partial charge >= 0.3 is 0 Å². The van der Waals surface area contributed by atoms with Crippen molar-refractivity contribution in [2.24, 2.45) is 0 Å². The second kappa shape index (κ2) is 11.4. The van der Waals surface area contributed by atoms with Gasteiger partial charge in [-0.3, -0.25) is 9.59 Å². The van der Waals surface area contributed by atoms with Gasteiger partial charge in [0.2, 0.25) is 18.2 Å². The van der Waals surface area contributed by atoms with Crippen LogP contribution in [0.4, 0.5) is 0 Å². The third-order valence-corrected chi connectivity index (χ3v) is 8.87. The molecule has 3 aromatic rings. The Morgan fingerprint density at radius 3 is 1.75 bits per heavy atom. The van der Waals surface area contributed by atoms with E-state index in [2.05, 4.69) is 15.9 Å². The van der Waals surface area contributed by atoms with Crippen LogP contribution in [-0.2, 0) is 4.57 Å². The number of carbonyl (C=O) groups excluding carboxylic acids is 2. The van der Waals surface area contributed by atoms with Crippen molar-refractivity contribution in [1.29, 1.82) is 0 Å². The molecule has 0 aliphatic rings. The zero-order valence-electron chi connectivity index (χ0n) is 20.1. The van der Waals surface area contributed by atoms with Gasteiger partial charge in [-0.05, 0) is 22.0 Å². The minimum absolute atomic E-state index is 0.000119. The van der Waals surface area contributed by atoms with Gasteiger partial charge in [-0.1, -0.05) is 41.9 Å². The molecule has 3 aromatic carbocycles. The average molecular weight is 598 g/mol. The lowest BCUT2D eigenvalue weighted by Gasteiger charge is -2.22. The number of halogens is 2. The molecule has 36 heavy (non-hydrogen) atoms. The molecule has 3 rings (SSSR count). The van der Waals surface area contributed by atoms with Crippen LogP contribution in [0.25, 0.3) is 0 Å². The van der Waals surface area contributed by atoms with Gasteiger partial charge in [0.15, 0.2) is 5.75 Å². The van der Waals surface area contributed by atoms with Crippen LogP contribution >= 0.6 is 34.7 Å². The van der Waals surface area contributed by atoms with Crippen molar-refractivity contribution in [3.63, 3.8) is 0 Å². The fraction of sp³-hybridized carbons (Fsp3) is 0.200. The van der Waals surface area contributed by atoms with Gasteiger partial charge in [0, 0.05) is 17.4 Å². The Morgan fingerprint density at radius 1 is 0.750 bits per heavy atom. The Bertz CT molecular complexity index is 1310. The van der Waals surface area contributed by atoms with Crippen LogP contribution in [0.1, 0.15) is 20.7 Å². The van der Waals surface area contributed by atoms with E-state index in [1.54, 1.807) is 18.2 Å². The van der Waals surface area contributed by atoms with Crippen molar-refractivity contribution < 1.29 is 37.8 Å². The lowest BCUT2D eigenvalue weighted by molar-refractivity contribution is 0.103. The molecule has 0 heterocycles. The monoisotopic (exact) mass is 596 g/mol. The SMILES string of the molecule is COc1cc(OC)c(C(=O)P(=O)(C(=O)c2c(OC)c(Cl)cc(Br)c2OC)c2ccccc2)c(OC)c1. The first kappa shape index (κ1) is 27.6. The van der Waals surface area contributed by atoms with Gasteiger partial charge in [-0.15, -0.1) is 0 Å². The Kier molecular flexibility index (Phi) is 8.71. The molecular weight excluding hydrogens is 575 g/mol. The van der Waals surface area contributed by atoms with Gasteiger partial charge in [0.05, 0.1) is 45.0 Å². The van der Waals surface area contributed by atoms with Crippen molar-refractivity contribution in [2.45, 2.75) is 0 Å². The zero-order valence-corrected chi connectivity index (χ0v) is 23.3. The van der Waals surface area contributed by atoms with Crippen molar-refractivity contribution in [1.82, 2.24) is 0 Å².